The standard InChI is InChI=1S/C24H39NO9/c1-23(2)21(25)18(27)15(17(33-23)12-31-10-14-7-5-4-6-8-14)11-32-13-24(3)22(30)20(29)19(28)16(9-26)34-24/h4-8,15-22,26-30H,9-13,25H2,1-3H3. The van der Waals surface area contributed by atoms with Gasteiger partial charge in [-0.15, -0.1) is 0 Å². The molecule has 194 valence electrons. The van der Waals surface area contributed by atoms with Gasteiger partial charge in [0.05, 0.1) is 56.9 Å². The summed E-state index contributed by atoms with van der Waals surface area (Å²) in [4.78, 5) is 0. The van der Waals surface area contributed by atoms with Crippen LogP contribution in [0.15, 0.2) is 30.3 Å². The maximum absolute atomic E-state index is 10.9. The molecule has 34 heavy (non-hydrogen) atoms. The molecule has 2 heterocycles. The summed E-state index contributed by atoms with van der Waals surface area (Å²) in [6.07, 6.45) is -6.87. The van der Waals surface area contributed by atoms with Gasteiger partial charge in [0, 0.05) is 5.92 Å². The molecule has 10 heteroatoms. The van der Waals surface area contributed by atoms with Gasteiger partial charge in [-0.2, -0.15) is 0 Å². The van der Waals surface area contributed by atoms with Crippen molar-refractivity contribution in [1.29, 1.82) is 0 Å². The summed E-state index contributed by atoms with van der Waals surface area (Å²) >= 11 is 0. The predicted octanol–water partition coefficient (Wildman–Crippen LogP) is -1.07. The fraction of sp³-hybridized carbons (Fsp3) is 0.750. The van der Waals surface area contributed by atoms with Crippen LogP contribution in [0.2, 0.25) is 0 Å². The first-order valence-corrected chi connectivity index (χ1v) is 11.6. The van der Waals surface area contributed by atoms with Crippen molar-refractivity contribution >= 4 is 0 Å². The summed E-state index contributed by atoms with van der Waals surface area (Å²) in [5, 5.41) is 51.0. The van der Waals surface area contributed by atoms with Crippen LogP contribution in [0.5, 0.6) is 0 Å². The van der Waals surface area contributed by atoms with E-state index in [1.807, 2.05) is 44.2 Å². The van der Waals surface area contributed by atoms with Crippen LogP contribution in [0.1, 0.15) is 26.3 Å². The van der Waals surface area contributed by atoms with Crippen LogP contribution in [0.25, 0.3) is 0 Å². The summed E-state index contributed by atoms with van der Waals surface area (Å²) in [5.74, 6) is -0.521. The number of rotatable bonds is 9. The largest absolute Gasteiger partial charge is 0.394 e. The van der Waals surface area contributed by atoms with E-state index < -0.39 is 66.4 Å². The molecule has 2 aliphatic heterocycles. The quantitative estimate of drug-likeness (QED) is 0.254. The summed E-state index contributed by atoms with van der Waals surface area (Å²) in [5.41, 5.74) is 5.09. The van der Waals surface area contributed by atoms with Crippen LogP contribution in [0.4, 0.5) is 0 Å². The zero-order chi connectivity index (χ0) is 25.1. The lowest BCUT2D eigenvalue weighted by molar-refractivity contribution is -0.283. The van der Waals surface area contributed by atoms with E-state index in [1.54, 1.807) is 0 Å². The van der Waals surface area contributed by atoms with Gasteiger partial charge in [-0.05, 0) is 26.3 Å². The van der Waals surface area contributed by atoms with Gasteiger partial charge >= 0.3 is 0 Å². The highest BCUT2D eigenvalue weighted by atomic mass is 16.6. The van der Waals surface area contributed by atoms with Crippen molar-refractivity contribution in [1.82, 2.24) is 0 Å². The molecule has 3 rings (SSSR count). The first-order valence-electron chi connectivity index (χ1n) is 11.6. The predicted molar refractivity (Wildman–Crippen MR) is 122 cm³/mol. The van der Waals surface area contributed by atoms with Crippen molar-refractivity contribution in [2.45, 2.75) is 81.2 Å². The molecule has 0 bridgehead atoms. The van der Waals surface area contributed by atoms with Crippen LogP contribution in [0, 0.1) is 5.92 Å². The first kappa shape index (κ1) is 27.4. The molecule has 7 N–H and O–H groups in total. The highest BCUT2D eigenvalue weighted by molar-refractivity contribution is 5.13. The Hall–Kier alpha value is -1.18. The Labute approximate surface area is 200 Å². The SMILES string of the molecule is CC1(C)OC(COCc2ccccc2)C(COCC2(C)OC(CO)C(O)C(O)C2O)C(O)C1N. The van der Waals surface area contributed by atoms with Crippen molar-refractivity contribution in [2.24, 2.45) is 11.7 Å². The molecule has 2 aliphatic rings. The smallest absolute Gasteiger partial charge is 0.118 e. The number of hydrogen-bond donors (Lipinski definition) is 6. The minimum Gasteiger partial charge on any atom is -0.394 e. The van der Waals surface area contributed by atoms with E-state index >= 15 is 0 Å². The van der Waals surface area contributed by atoms with Gasteiger partial charge in [-0.25, -0.2) is 0 Å². The molecule has 9 unspecified atom stereocenters. The molecule has 1 aromatic rings. The van der Waals surface area contributed by atoms with E-state index in [0.29, 0.717) is 6.61 Å². The second-order valence-corrected chi connectivity index (χ2v) is 10.0. The third-order valence-corrected chi connectivity index (χ3v) is 6.92. The lowest BCUT2D eigenvalue weighted by atomic mass is 9.80. The molecule has 10 nitrogen and oxygen atoms in total. The highest BCUT2D eigenvalue weighted by Crippen LogP contribution is 2.34. The van der Waals surface area contributed by atoms with Crippen LogP contribution in [0.3, 0.4) is 0 Å². The average Bonchev–Trinajstić information content (AvgIpc) is 2.81. The molecule has 2 saturated heterocycles. The minimum atomic E-state index is -1.50. The molecule has 9 atom stereocenters. The van der Waals surface area contributed by atoms with Gasteiger partial charge in [-0.1, -0.05) is 30.3 Å². The number of hydrogen-bond acceptors (Lipinski definition) is 10. The Morgan fingerprint density at radius 3 is 2.21 bits per heavy atom. The second-order valence-electron chi connectivity index (χ2n) is 10.0. The van der Waals surface area contributed by atoms with E-state index in [1.165, 1.54) is 6.92 Å². The number of nitrogens with two attached hydrogens (primary N) is 1. The zero-order valence-corrected chi connectivity index (χ0v) is 20.0. The monoisotopic (exact) mass is 485 g/mol. The summed E-state index contributed by atoms with van der Waals surface area (Å²) in [6, 6.07) is 9.04. The first-order chi connectivity index (χ1) is 16.0. The van der Waals surface area contributed by atoms with E-state index in [0.717, 1.165) is 5.56 Å². The molecule has 0 aromatic heterocycles. The topological polar surface area (TPSA) is 164 Å². The van der Waals surface area contributed by atoms with Crippen molar-refractivity contribution in [2.75, 3.05) is 26.4 Å². The van der Waals surface area contributed by atoms with Gasteiger partial charge in [-0.3, -0.25) is 0 Å². The van der Waals surface area contributed by atoms with E-state index in [4.69, 9.17) is 24.7 Å². The van der Waals surface area contributed by atoms with Crippen LogP contribution < -0.4 is 5.73 Å². The van der Waals surface area contributed by atoms with Gasteiger partial charge in [0.15, 0.2) is 0 Å². The Morgan fingerprint density at radius 1 is 0.882 bits per heavy atom. The minimum absolute atomic E-state index is 0.0262. The average molecular weight is 486 g/mol. The molecule has 1 aromatic carbocycles. The van der Waals surface area contributed by atoms with Gasteiger partial charge in [0.2, 0.25) is 0 Å². The van der Waals surface area contributed by atoms with Crippen molar-refractivity contribution in [3.8, 4) is 0 Å². The van der Waals surface area contributed by atoms with Crippen molar-refractivity contribution in [3.05, 3.63) is 35.9 Å². The summed E-state index contributed by atoms with van der Waals surface area (Å²) < 4.78 is 23.5. The van der Waals surface area contributed by atoms with Gasteiger partial charge in [0.1, 0.15) is 30.0 Å². The summed E-state index contributed by atoms with van der Waals surface area (Å²) in [7, 11) is 0. The molecular weight excluding hydrogens is 446 g/mol. The maximum Gasteiger partial charge on any atom is 0.118 e. The molecule has 0 saturated carbocycles. The molecule has 0 aliphatic carbocycles. The lowest BCUT2D eigenvalue weighted by Crippen LogP contribution is -2.66. The highest BCUT2D eigenvalue weighted by Gasteiger charge is 2.52. The van der Waals surface area contributed by atoms with E-state index in [2.05, 4.69) is 0 Å². The third-order valence-electron chi connectivity index (χ3n) is 6.92. The molecular formula is C24H39NO9. The normalized spacial score (nSPS) is 40.3. The van der Waals surface area contributed by atoms with Crippen LogP contribution in [-0.4, -0.2) is 106 Å². The Morgan fingerprint density at radius 2 is 1.56 bits per heavy atom. The van der Waals surface area contributed by atoms with Gasteiger partial charge < -0.3 is 50.2 Å². The zero-order valence-electron chi connectivity index (χ0n) is 20.0. The van der Waals surface area contributed by atoms with Crippen LogP contribution >= 0.6 is 0 Å². The van der Waals surface area contributed by atoms with Gasteiger partial charge in [0.25, 0.3) is 0 Å². The second kappa shape index (κ2) is 11.3. The number of aliphatic hydroxyl groups excluding tert-OH is 5. The lowest BCUT2D eigenvalue weighted by Gasteiger charge is -2.49. The number of benzene rings is 1. The fourth-order valence-corrected chi connectivity index (χ4v) is 4.60. The molecule has 0 amide bonds. The van der Waals surface area contributed by atoms with Crippen molar-refractivity contribution < 1.29 is 44.5 Å². The Bertz CT molecular complexity index is 764. The maximum atomic E-state index is 10.9. The van der Waals surface area contributed by atoms with E-state index in [9.17, 15) is 25.5 Å². The number of ether oxygens (including phenoxy) is 4. The fourth-order valence-electron chi connectivity index (χ4n) is 4.60. The van der Waals surface area contributed by atoms with Crippen LogP contribution in [-0.2, 0) is 25.6 Å². The number of aliphatic hydroxyl groups is 5. The Balaban J connectivity index is 1.63. The third kappa shape index (κ3) is 5.96. The molecule has 0 spiro atoms. The van der Waals surface area contributed by atoms with E-state index in [-0.39, 0.29) is 19.8 Å². The Kier molecular flexibility index (Phi) is 9.07. The van der Waals surface area contributed by atoms with Crippen molar-refractivity contribution in [3.63, 3.8) is 0 Å². The molecule has 0 radical (unpaired) electrons. The molecule has 2 fully saturated rings. The summed E-state index contributed by atoms with van der Waals surface area (Å²) in [6.45, 7) is 5.10.